The Kier molecular flexibility index (Phi) is 4.96. The van der Waals surface area contributed by atoms with Gasteiger partial charge in [0, 0.05) is 24.7 Å². The molecule has 0 atom stereocenters. The molecule has 0 aliphatic rings. The van der Waals surface area contributed by atoms with Gasteiger partial charge in [-0.1, -0.05) is 41.9 Å². The van der Waals surface area contributed by atoms with Crippen LogP contribution >= 0.6 is 11.6 Å². The highest BCUT2D eigenvalue weighted by Crippen LogP contribution is 2.26. The molecule has 1 aromatic heterocycles. The van der Waals surface area contributed by atoms with Gasteiger partial charge >= 0.3 is 0 Å². The quantitative estimate of drug-likeness (QED) is 0.665. The number of hydrogen-bond donors (Lipinski definition) is 0. The number of hydrogen-bond acceptors (Lipinski definition) is 4. The molecule has 0 spiro atoms. The molecular weight excluding hydrogens is 322 g/mol. The summed E-state index contributed by atoms with van der Waals surface area (Å²) in [6.07, 6.45) is 1.51. The van der Waals surface area contributed by atoms with Crippen LogP contribution in [0.5, 0.6) is 11.6 Å². The van der Waals surface area contributed by atoms with Gasteiger partial charge in [0.2, 0.25) is 5.88 Å². The van der Waals surface area contributed by atoms with Crippen molar-refractivity contribution in [2.45, 2.75) is 13.5 Å². The fourth-order valence-electron chi connectivity index (χ4n) is 2.33. The molecule has 0 radical (unpaired) electrons. The molecule has 0 unspecified atom stereocenters. The first-order valence-corrected chi connectivity index (χ1v) is 8.01. The van der Waals surface area contributed by atoms with E-state index >= 15 is 0 Å². The first-order chi connectivity index (χ1) is 11.6. The fourth-order valence-corrected chi connectivity index (χ4v) is 2.45. The van der Waals surface area contributed by atoms with Crippen molar-refractivity contribution in [2.75, 3.05) is 11.9 Å². The molecule has 4 nitrogen and oxygen atoms in total. The molecule has 3 aromatic rings. The van der Waals surface area contributed by atoms with Crippen molar-refractivity contribution in [3.63, 3.8) is 0 Å². The first kappa shape index (κ1) is 16.3. The molecule has 0 fully saturated rings. The highest BCUT2D eigenvalue weighted by atomic mass is 35.5. The third kappa shape index (κ3) is 4.03. The molecule has 122 valence electrons. The highest BCUT2D eigenvalue weighted by Gasteiger charge is 2.07. The van der Waals surface area contributed by atoms with Crippen LogP contribution < -0.4 is 9.64 Å². The minimum atomic E-state index is 0.502. The van der Waals surface area contributed by atoms with Crippen LogP contribution in [0.3, 0.4) is 0 Å². The summed E-state index contributed by atoms with van der Waals surface area (Å²) in [5.74, 6) is 2.00. The maximum atomic E-state index is 6.04. The summed E-state index contributed by atoms with van der Waals surface area (Å²) in [5, 5.41) is 0.716. The van der Waals surface area contributed by atoms with Crippen molar-refractivity contribution in [1.82, 2.24) is 9.97 Å². The molecule has 0 bridgehead atoms. The molecule has 0 saturated carbocycles. The van der Waals surface area contributed by atoms with Gasteiger partial charge in [0.1, 0.15) is 17.9 Å². The second-order valence-corrected chi connectivity index (χ2v) is 5.98. The number of ether oxygens (including phenoxy) is 1. The van der Waals surface area contributed by atoms with Gasteiger partial charge in [-0.25, -0.2) is 9.97 Å². The monoisotopic (exact) mass is 339 g/mol. The van der Waals surface area contributed by atoms with Gasteiger partial charge < -0.3 is 9.64 Å². The van der Waals surface area contributed by atoms with Crippen LogP contribution in [0.4, 0.5) is 5.82 Å². The molecular formula is C19H18ClN3O. The maximum Gasteiger partial charge on any atom is 0.224 e. The van der Waals surface area contributed by atoms with E-state index in [0.29, 0.717) is 16.7 Å². The van der Waals surface area contributed by atoms with Gasteiger partial charge in [0.15, 0.2) is 0 Å². The lowest BCUT2D eigenvalue weighted by molar-refractivity contribution is 0.461. The summed E-state index contributed by atoms with van der Waals surface area (Å²) in [5.41, 5.74) is 2.18. The first-order valence-electron chi connectivity index (χ1n) is 7.63. The molecule has 0 N–H and O–H groups in total. The zero-order valence-corrected chi connectivity index (χ0v) is 14.4. The molecule has 0 amide bonds. The Labute approximate surface area is 146 Å². The number of halogens is 1. The highest BCUT2D eigenvalue weighted by molar-refractivity contribution is 6.31. The largest absolute Gasteiger partial charge is 0.439 e. The molecule has 0 aliphatic heterocycles. The Morgan fingerprint density at radius 2 is 1.83 bits per heavy atom. The molecule has 2 aromatic carbocycles. The van der Waals surface area contributed by atoms with Crippen LogP contribution in [0.2, 0.25) is 5.02 Å². The van der Waals surface area contributed by atoms with E-state index in [0.717, 1.165) is 17.9 Å². The van der Waals surface area contributed by atoms with E-state index in [1.54, 1.807) is 0 Å². The lowest BCUT2D eigenvalue weighted by Gasteiger charge is -2.18. The fraction of sp³-hybridized carbons (Fsp3) is 0.158. The number of aromatic nitrogens is 2. The van der Waals surface area contributed by atoms with Crippen LogP contribution in [0.15, 0.2) is 60.9 Å². The SMILES string of the molecule is Cc1cc(Oc2cc(N(C)Cc3ccccc3)ncn2)ccc1Cl. The number of rotatable bonds is 5. The lowest BCUT2D eigenvalue weighted by Crippen LogP contribution is -2.17. The van der Waals surface area contributed by atoms with Crippen LogP contribution in [0.1, 0.15) is 11.1 Å². The van der Waals surface area contributed by atoms with Crippen molar-refractivity contribution < 1.29 is 4.74 Å². The minimum Gasteiger partial charge on any atom is -0.439 e. The second-order valence-electron chi connectivity index (χ2n) is 5.57. The van der Waals surface area contributed by atoms with E-state index in [4.69, 9.17) is 16.3 Å². The van der Waals surface area contributed by atoms with Gasteiger partial charge in [0.25, 0.3) is 0 Å². The Bertz CT molecular complexity index is 824. The third-order valence-electron chi connectivity index (χ3n) is 3.63. The zero-order chi connectivity index (χ0) is 16.9. The molecule has 3 rings (SSSR count). The summed E-state index contributed by atoms with van der Waals surface area (Å²) in [7, 11) is 1.99. The predicted octanol–water partition coefficient (Wildman–Crippen LogP) is 4.87. The van der Waals surface area contributed by atoms with E-state index in [9.17, 15) is 0 Å². The summed E-state index contributed by atoms with van der Waals surface area (Å²) >= 11 is 6.04. The normalized spacial score (nSPS) is 10.5. The summed E-state index contributed by atoms with van der Waals surface area (Å²) < 4.78 is 5.82. The Hall–Kier alpha value is -2.59. The smallest absolute Gasteiger partial charge is 0.224 e. The molecule has 5 heteroatoms. The average molecular weight is 340 g/mol. The van der Waals surface area contributed by atoms with E-state index < -0.39 is 0 Å². The van der Waals surface area contributed by atoms with E-state index in [2.05, 4.69) is 27.0 Å². The minimum absolute atomic E-state index is 0.502. The van der Waals surface area contributed by atoms with Gasteiger partial charge in [-0.05, 0) is 36.2 Å². The number of anilines is 1. The topological polar surface area (TPSA) is 38.2 Å². The lowest BCUT2D eigenvalue weighted by atomic mass is 10.2. The van der Waals surface area contributed by atoms with Crippen LogP contribution in [0.25, 0.3) is 0 Å². The molecule has 1 heterocycles. The van der Waals surface area contributed by atoms with Crippen LogP contribution in [0, 0.1) is 6.92 Å². The van der Waals surface area contributed by atoms with Crippen LogP contribution in [-0.4, -0.2) is 17.0 Å². The van der Waals surface area contributed by atoms with Gasteiger partial charge in [-0.2, -0.15) is 0 Å². The summed E-state index contributed by atoms with van der Waals surface area (Å²) in [4.78, 5) is 10.6. The number of aryl methyl sites for hydroxylation is 1. The van der Waals surface area contributed by atoms with Crippen molar-refractivity contribution in [2.24, 2.45) is 0 Å². The number of benzene rings is 2. The summed E-state index contributed by atoms with van der Waals surface area (Å²) in [6.45, 7) is 2.70. The van der Waals surface area contributed by atoms with Crippen molar-refractivity contribution >= 4 is 17.4 Å². The van der Waals surface area contributed by atoms with Crippen molar-refractivity contribution in [3.05, 3.63) is 77.1 Å². The summed E-state index contributed by atoms with van der Waals surface area (Å²) in [6, 6.07) is 17.6. The van der Waals surface area contributed by atoms with Gasteiger partial charge in [-0.15, -0.1) is 0 Å². The van der Waals surface area contributed by atoms with Crippen molar-refractivity contribution in [1.29, 1.82) is 0 Å². The van der Waals surface area contributed by atoms with Crippen molar-refractivity contribution in [3.8, 4) is 11.6 Å². The molecule has 0 saturated heterocycles. The average Bonchev–Trinajstić information content (AvgIpc) is 2.59. The Morgan fingerprint density at radius 1 is 1.04 bits per heavy atom. The third-order valence-corrected chi connectivity index (χ3v) is 4.06. The van der Waals surface area contributed by atoms with Gasteiger partial charge in [-0.3, -0.25) is 0 Å². The van der Waals surface area contributed by atoms with Gasteiger partial charge in [0.05, 0.1) is 0 Å². The zero-order valence-electron chi connectivity index (χ0n) is 13.6. The maximum absolute atomic E-state index is 6.04. The number of nitrogens with zero attached hydrogens (tertiary/aromatic N) is 3. The molecule has 0 aliphatic carbocycles. The second kappa shape index (κ2) is 7.32. The van der Waals surface area contributed by atoms with E-state index in [1.807, 2.05) is 56.4 Å². The van der Waals surface area contributed by atoms with Crippen LogP contribution in [-0.2, 0) is 6.54 Å². The predicted molar refractivity (Wildman–Crippen MR) is 96.8 cm³/mol. The Morgan fingerprint density at radius 3 is 2.58 bits per heavy atom. The molecule has 24 heavy (non-hydrogen) atoms. The Balaban J connectivity index is 1.74. The standard InChI is InChI=1S/C19H18ClN3O/c1-14-10-16(8-9-17(14)20)24-19-11-18(21-13-22-19)23(2)12-15-6-4-3-5-7-15/h3-11,13H,12H2,1-2H3. The van der Waals surface area contributed by atoms with E-state index in [1.165, 1.54) is 11.9 Å². The van der Waals surface area contributed by atoms with E-state index in [-0.39, 0.29) is 0 Å².